The Hall–Kier alpha value is -3.57. The van der Waals surface area contributed by atoms with Gasteiger partial charge in [-0.05, 0) is 74.0 Å². The van der Waals surface area contributed by atoms with Crippen LogP contribution in [0.25, 0.3) is 20.8 Å². The Balaban J connectivity index is 1.30. The molecule has 1 aliphatic heterocycles. The number of fused-ring (bicyclic) bond motifs is 2. The van der Waals surface area contributed by atoms with E-state index in [0.29, 0.717) is 17.8 Å². The van der Waals surface area contributed by atoms with Crippen molar-refractivity contribution in [2.24, 2.45) is 0 Å². The summed E-state index contributed by atoms with van der Waals surface area (Å²) in [7, 11) is -3.78. The first-order valence-electron chi connectivity index (χ1n) is 13.6. The maximum atomic E-state index is 13.5. The molecule has 0 saturated heterocycles. The van der Waals surface area contributed by atoms with E-state index in [1.807, 2.05) is 36.4 Å². The summed E-state index contributed by atoms with van der Waals surface area (Å²) in [6, 6.07) is 23.2. The number of anilines is 2. The van der Waals surface area contributed by atoms with Gasteiger partial charge < -0.3 is 5.32 Å². The smallest absolute Gasteiger partial charge is 0.264 e. The van der Waals surface area contributed by atoms with Gasteiger partial charge in [-0.1, -0.05) is 37.3 Å². The number of rotatable bonds is 8. The summed E-state index contributed by atoms with van der Waals surface area (Å²) in [5.41, 5.74) is 4.21. The average molecular weight is 603 g/mol. The minimum Gasteiger partial charge on any atom is -0.313 e. The van der Waals surface area contributed by atoms with Crippen molar-refractivity contribution in [2.75, 3.05) is 29.3 Å². The van der Waals surface area contributed by atoms with Gasteiger partial charge >= 0.3 is 0 Å². The number of aromatic nitrogens is 1. The predicted molar refractivity (Wildman–Crippen MR) is 169 cm³/mol. The van der Waals surface area contributed by atoms with Gasteiger partial charge in [-0.25, -0.2) is 13.4 Å². The molecule has 10 heteroatoms. The highest BCUT2D eigenvalue weighted by Gasteiger charge is 2.28. The minimum atomic E-state index is -3.78. The first-order chi connectivity index (χ1) is 19.9. The van der Waals surface area contributed by atoms with Crippen molar-refractivity contribution >= 4 is 59.5 Å². The first kappa shape index (κ1) is 27.6. The predicted octanol–water partition coefficient (Wildman–Crippen LogP) is 6.87. The molecular weight excluding hydrogens is 573 g/mol. The third-order valence-electron chi connectivity index (χ3n) is 7.35. The highest BCUT2D eigenvalue weighted by molar-refractivity contribution is 7.92. The molecule has 3 aromatic carbocycles. The molecule has 0 bridgehead atoms. The second-order valence-electron chi connectivity index (χ2n) is 9.80. The molecule has 2 aromatic heterocycles. The van der Waals surface area contributed by atoms with E-state index in [4.69, 9.17) is 4.98 Å². The summed E-state index contributed by atoms with van der Waals surface area (Å²) in [4.78, 5) is 22.2. The quantitative estimate of drug-likeness (QED) is 0.210. The number of benzene rings is 3. The van der Waals surface area contributed by atoms with Crippen LogP contribution >= 0.6 is 22.7 Å². The molecule has 5 aromatic rings. The summed E-state index contributed by atoms with van der Waals surface area (Å²) in [6.45, 7) is 7.06. The molecule has 0 atom stereocenters. The van der Waals surface area contributed by atoms with Crippen molar-refractivity contribution in [2.45, 2.75) is 31.7 Å². The fourth-order valence-corrected chi connectivity index (χ4v) is 9.06. The molecule has 1 N–H and O–H groups in total. The molecule has 210 valence electrons. The number of amides is 1. The largest absolute Gasteiger partial charge is 0.313 e. The summed E-state index contributed by atoms with van der Waals surface area (Å²) in [5, 5.41) is 4.84. The molecule has 1 amide bonds. The lowest BCUT2D eigenvalue weighted by Gasteiger charge is -2.25. The van der Waals surface area contributed by atoms with Crippen LogP contribution in [0.5, 0.6) is 0 Å². The van der Waals surface area contributed by atoms with Gasteiger partial charge in [-0.15, -0.1) is 22.7 Å². The van der Waals surface area contributed by atoms with Crippen molar-refractivity contribution in [3.8, 4) is 10.6 Å². The van der Waals surface area contributed by atoms with Crippen molar-refractivity contribution in [3.05, 3.63) is 94.9 Å². The number of sulfonamides is 1. The number of hydrogen-bond acceptors (Lipinski definition) is 7. The van der Waals surface area contributed by atoms with E-state index < -0.39 is 10.0 Å². The van der Waals surface area contributed by atoms with Crippen molar-refractivity contribution in [3.63, 3.8) is 0 Å². The summed E-state index contributed by atoms with van der Waals surface area (Å²) >= 11 is 3.25. The van der Waals surface area contributed by atoms with Crippen LogP contribution in [0.1, 0.15) is 34.6 Å². The lowest BCUT2D eigenvalue weighted by molar-refractivity contribution is 0.102. The molecule has 6 rings (SSSR count). The van der Waals surface area contributed by atoms with Gasteiger partial charge in [0.2, 0.25) is 0 Å². The third kappa shape index (κ3) is 5.28. The van der Waals surface area contributed by atoms with E-state index in [-0.39, 0.29) is 10.8 Å². The third-order valence-corrected chi connectivity index (χ3v) is 11.5. The van der Waals surface area contributed by atoms with E-state index in [0.717, 1.165) is 51.8 Å². The van der Waals surface area contributed by atoms with Gasteiger partial charge in [-0.3, -0.25) is 14.0 Å². The zero-order valence-corrected chi connectivity index (χ0v) is 25.3. The highest BCUT2D eigenvalue weighted by Crippen LogP contribution is 2.45. The number of nitrogens with zero attached hydrogens (tertiary/aromatic N) is 3. The second-order valence-corrected chi connectivity index (χ2v) is 13.8. The van der Waals surface area contributed by atoms with Gasteiger partial charge in [0.05, 0.1) is 20.8 Å². The van der Waals surface area contributed by atoms with Crippen molar-refractivity contribution < 1.29 is 13.2 Å². The lowest BCUT2D eigenvalue weighted by Crippen LogP contribution is -2.30. The highest BCUT2D eigenvalue weighted by atomic mass is 32.2. The molecule has 0 fully saturated rings. The molecule has 0 spiro atoms. The van der Waals surface area contributed by atoms with Gasteiger partial charge in [0.1, 0.15) is 10.0 Å². The molecule has 3 heterocycles. The number of thiophene rings is 1. The number of thiazole rings is 1. The SMILES string of the molecule is CCN1CCc2c(sc(NC(=O)c3ccc(S(=O)(=O)N(CC)c4ccccc4)cc3)c2-c2nc3ccccc3s2)C1. The molecule has 41 heavy (non-hydrogen) atoms. The molecular formula is C31H30N4O3S3. The molecule has 0 saturated carbocycles. The van der Waals surface area contributed by atoms with Crippen LogP contribution in [0.3, 0.4) is 0 Å². The maximum Gasteiger partial charge on any atom is 0.264 e. The van der Waals surface area contributed by atoms with Crippen LogP contribution in [0, 0.1) is 0 Å². The van der Waals surface area contributed by atoms with E-state index in [1.54, 1.807) is 53.9 Å². The Labute approximate surface area is 248 Å². The molecule has 7 nitrogen and oxygen atoms in total. The van der Waals surface area contributed by atoms with Crippen molar-refractivity contribution in [1.29, 1.82) is 0 Å². The van der Waals surface area contributed by atoms with Gasteiger partial charge in [0.15, 0.2) is 0 Å². The van der Waals surface area contributed by atoms with Crippen LogP contribution in [-0.4, -0.2) is 43.8 Å². The standard InChI is InChI=1S/C31H30N4O3S3/c1-3-34-19-18-24-27(20-34)40-31(28(24)30-32-25-12-8-9-13-26(25)39-30)33-29(36)21-14-16-23(17-15-21)41(37,38)35(4-2)22-10-6-5-7-11-22/h5-17H,3-4,18-20H2,1-2H3,(H,33,36). The lowest BCUT2D eigenvalue weighted by atomic mass is 10.0. The number of likely N-dealkylation sites (N-methyl/N-ethyl adjacent to an activating group) is 1. The Morgan fingerprint density at radius 3 is 2.41 bits per heavy atom. The first-order valence-corrected chi connectivity index (χ1v) is 16.7. The molecule has 1 aliphatic rings. The normalized spacial score (nSPS) is 13.7. The van der Waals surface area contributed by atoms with E-state index >= 15 is 0 Å². The fourth-order valence-electron chi connectivity index (χ4n) is 5.19. The van der Waals surface area contributed by atoms with Crippen LogP contribution in [0.2, 0.25) is 0 Å². The summed E-state index contributed by atoms with van der Waals surface area (Å²) in [6.07, 6.45) is 0.905. The van der Waals surface area contributed by atoms with Gasteiger partial charge in [0, 0.05) is 35.6 Å². The van der Waals surface area contributed by atoms with Crippen LogP contribution in [0.4, 0.5) is 10.7 Å². The van der Waals surface area contributed by atoms with Crippen molar-refractivity contribution in [1.82, 2.24) is 9.88 Å². The number of nitrogens with one attached hydrogen (secondary N) is 1. The minimum absolute atomic E-state index is 0.140. The number of carbonyl (C=O) groups excluding carboxylic acids is 1. The number of para-hydroxylation sites is 2. The molecule has 0 aliphatic carbocycles. The van der Waals surface area contributed by atoms with Crippen LogP contribution in [-0.2, 0) is 23.0 Å². The molecule has 0 unspecified atom stereocenters. The van der Waals surface area contributed by atoms with E-state index in [9.17, 15) is 13.2 Å². The Kier molecular flexibility index (Phi) is 7.65. The van der Waals surface area contributed by atoms with Crippen LogP contribution < -0.4 is 9.62 Å². The van der Waals surface area contributed by atoms with E-state index in [1.165, 1.54) is 26.9 Å². The monoisotopic (exact) mass is 602 g/mol. The second kappa shape index (κ2) is 11.4. The zero-order valence-electron chi connectivity index (χ0n) is 22.8. The van der Waals surface area contributed by atoms with Gasteiger partial charge in [-0.2, -0.15) is 0 Å². The topological polar surface area (TPSA) is 82.6 Å². The van der Waals surface area contributed by atoms with Gasteiger partial charge in [0.25, 0.3) is 15.9 Å². The van der Waals surface area contributed by atoms with Crippen LogP contribution in [0.15, 0.2) is 83.8 Å². The maximum absolute atomic E-state index is 13.5. The summed E-state index contributed by atoms with van der Waals surface area (Å²) in [5.74, 6) is -0.280. The number of hydrogen-bond donors (Lipinski definition) is 1. The average Bonchev–Trinajstić information content (AvgIpc) is 3.58. The zero-order chi connectivity index (χ0) is 28.6. The molecule has 0 radical (unpaired) electrons. The van der Waals surface area contributed by atoms with E-state index in [2.05, 4.69) is 23.2 Å². The summed E-state index contributed by atoms with van der Waals surface area (Å²) < 4.78 is 29.3. The Morgan fingerprint density at radius 2 is 1.71 bits per heavy atom. The Bertz CT molecular complexity index is 1780. The Morgan fingerprint density at radius 1 is 0.976 bits per heavy atom. The number of carbonyl (C=O) groups is 1. The fraction of sp³-hybridized carbons (Fsp3) is 0.226.